The molecule has 1 heterocycles. The van der Waals surface area contributed by atoms with Gasteiger partial charge in [0.15, 0.2) is 11.4 Å². The zero-order valence-electron chi connectivity index (χ0n) is 22.6. The van der Waals surface area contributed by atoms with Crippen molar-refractivity contribution in [1.29, 1.82) is 0 Å². The van der Waals surface area contributed by atoms with Crippen LogP contribution in [0.5, 0.6) is 0 Å². The van der Waals surface area contributed by atoms with Crippen LogP contribution in [0.3, 0.4) is 0 Å². The van der Waals surface area contributed by atoms with Crippen LogP contribution in [-0.2, 0) is 0 Å². The van der Waals surface area contributed by atoms with E-state index in [-0.39, 0.29) is 0 Å². The quantitative estimate of drug-likeness (QED) is 0.191. The number of benzene rings is 6. The number of imidazole rings is 1. The van der Waals surface area contributed by atoms with Crippen LogP contribution in [0.4, 0.5) is 0 Å². The van der Waals surface area contributed by atoms with Crippen LogP contribution in [0, 0.1) is 0 Å². The van der Waals surface area contributed by atoms with Gasteiger partial charge in [-0.05, 0) is 46.5 Å². The lowest BCUT2D eigenvalue weighted by molar-refractivity contribution is -0.583. The summed E-state index contributed by atoms with van der Waals surface area (Å²) in [7, 11) is 0. The number of hydrogen-bond donors (Lipinski definition) is 0. The average molecular weight is 526 g/mol. The maximum atomic E-state index is 2.33. The average Bonchev–Trinajstić information content (AvgIpc) is 3.47. The molecule has 0 bridgehead atoms. The first-order valence-corrected chi connectivity index (χ1v) is 13.9. The van der Waals surface area contributed by atoms with Crippen molar-refractivity contribution in [3.63, 3.8) is 0 Å². The van der Waals surface area contributed by atoms with Gasteiger partial charge in [-0.25, -0.2) is 0 Å². The minimum atomic E-state index is 1.11. The van der Waals surface area contributed by atoms with Gasteiger partial charge < -0.3 is 0 Å². The Morgan fingerprint density at radius 2 is 0.829 bits per heavy atom. The molecular formula is C39H29N2+. The van der Waals surface area contributed by atoms with Gasteiger partial charge in [0.05, 0.1) is 0 Å². The highest BCUT2D eigenvalue weighted by molar-refractivity contribution is 5.79. The molecule has 0 N–H and O–H groups in total. The third kappa shape index (κ3) is 4.88. The standard InChI is InChI=1S/C39H29N2/c1-5-15-30(16-6-1)34-23-13-25-36(27-34)40-29-41(37-26-14-24-35(28-37)31-17-7-2-8-18-31)39(33-21-11-4-12-22-33)38(40)32-19-9-3-10-20-32/h1-29H/q+1. The second-order valence-electron chi connectivity index (χ2n) is 10.1. The Hall–Kier alpha value is -5.47. The fourth-order valence-corrected chi connectivity index (χ4v) is 5.53. The van der Waals surface area contributed by atoms with Crippen molar-refractivity contribution in [3.8, 4) is 56.1 Å². The molecule has 0 spiro atoms. The topological polar surface area (TPSA) is 8.81 Å². The van der Waals surface area contributed by atoms with Crippen LogP contribution in [0.1, 0.15) is 0 Å². The summed E-state index contributed by atoms with van der Waals surface area (Å²) in [6.07, 6.45) is 2.24. The van der Waals surface area contributed by atoms with E-state index in [1.807, 2.05) is 0 Å². The van der Waals surface area contributed by atoms with Crippen LogP contribution in [0.15, 0.2) is 176 Å². The van der Waals surface area contributed by atoms with Crippen molar-refractivity contribution >= 4 is 0 Å². The lowest BCUT2D eigenvalue weighted by Gasteiger charge is -2.08. The molecule has 0 aliphatic heterocycles. The van der Waals surface area contributed by atoms with Crippen molar-refractivity contribution in [1.82, 2.24) is 4.57 Å². The van der Waals surface area contributed by atoms with Crippen LogP contribution in [-0.4, -0.2) is 4.57 Å². The van der Waals surface area contributed by atoms with Gasteiger partial charge in [0.1, 0.15) is 11.4 Å². The summed E-state index contributed by atoms with van der Waals surface area (Å²) in [6, 6.07) is 60.1. The molecule has 1 aromatic heterocycles. The minimum Gasteiger partial charge on any atom is -0.194 e. The zero-order chi connectivity index (χ0) is 27.4. The van der Waals surface area contributed by atoms with Gasteiger partial charge in [0.25, 0.3) is 6.33 Å². The molecule has 0 atom stereocenters. The molecule has 2 nitrogen and oxygen atoms in total. The van der Waals surface area contributed by atoms with Gasteiger partial charge in [0.2, 0.25) is 0 Å². The van der Waals surface area contributed by atoms with Gasteiger partial charge >= 0.3 is 0 Å². The molecule has 41 heavy (non-hydrogen) atoms. The van der Waals surface area contributed by atoms with E-state index < -0.39 is 0 Å². The monoisotopic (exact) mass is 525 g/mol. The molecular weight excluding hydrogens is 496 g/mol. The minimum absolute atomic E-state index is 1.11. The number of aromatic nitrogens is 2. The zero-order valence-corrected chi connectivity index (χ0v) is 22.6. The second kappa shape index (κ2) is 11.0. The molecule has 0 aliphatic carbocycles. The van der Waals surface area contributed by atoms with E-state index in [2.05, 4.69) is 185 Å². The predicted octanol–water partition coefficient (Wildman–Crippen LogP) is 9.42. The molecule has 6 aromatic carbocycles. The molecule has 7 aromatic rings. The Morgan fingerprint density at radius 3 is 1.41 bits per heavy atom. The van der Waals surface area contributed by atoms with Crippen LogP contribution in [0.25, 0.3) is 56.1 Å². The summed E-state index contributed by atoms with van der Waals surface area (Å²) in [5, 5.41) is 0. The van der Waals surface area contributed by atoms with E-state index in [4.69, 9.17) is 0 Å². The molecule has 2 heteroatoms. The van der Waals surface area contributed by atoms with Crippen LogP contribution < -0.4 is 4.57 Å². The molecule has 0 unspecified atom stereocenters. The largest absolute Gasteiger partial charge is 0.255 e. The summed E-state index contributed by atoms with van der Waals surface area (Å²) in [5.41, 5.74) is 11.6. The van der Waals surface area contributed by atoms with Crippen molar-refractivity contribution < 1.29 is 4.57 Å². The summed E-state index contributed by atoms with van der Waals surface area (Å²) < 4.78 is 4.67. The third-order valence-electron chi connectivity index (χ3n) is 7.49. The van der Waals surface area contributed by atoms with Crippen LogP contribution >= 0.6 is 0 Å². The maximum absolute atomic E-state index is 2.33. The van der Waals surface area contributed by atoms with Gasteiger partial charge in [-0.15, -0.1) is 0 Å². The fraction of sp³-hybridized carbons (Fsp3) is 0. The Balaban J connectivity index is 1.51. The first-order chi connectivity index (χ1) is 20.3. The maximum Gasteiger partial charge on any atom is 0.255 e. The predicted molar refractivity (Wildman–Crippen MR) is 169 cm³/mol. The highest BCUT2D eigenvalue weighted by Crippen LogP contribution is 2.34. The third-order valence-corrected chi connectivity index (χ3v) is 7.49. The SMILES string of the molecule is c1ccc(-c2cccc(-n3c[n+](-c4cccc(-c5ccccc5)c4)c(-c4ccccc4)c3-c3ccccc3)c2)cc1. The van der Waals surface area contributed by atoms with Gasteiger partial charge in [0, 0.05) is 11.1 Å². The molecule has 0 saturated heterocycles. The van der Waals surface area contributed by atoms with E-state index in [1.165, 1.54) is 22.3 Å². The second-order valence-corrected chi connectivity index (χ2v) is 10.1. The number of nitrogens with zero attached hydrogens (tertiary/aromatic N) is 2. The van der Waals surface area contributed by atoms with Gasteiger partial charge in [-0.1, -0.05) is 146 Å². The van der Waals surface area contributed by atoms with E-state index in [9.17, 15) is 0 Å². The molecule has 0 radical (unpaired) electrons. The first kappa shape index (κ1) is 24.6. The van der Waals surface area contributed by atoms with Crippen molar-refractivity contribution in [2.24, 2.45) is 0 Å². The summed E-state index contributed by atoms with van der Waals surface area (Å²) in [5.74, 6) is 0. The summed E-state index contributed by atoms with van der Waals surface area (Å²) in [6.45, 7) is 0. The smallest absolute Gasteiger partial charge is 0.194 e. The van der Waals surface area contributed by atoms with Crippen molar-refractivity contribution in [3.05, 3.63) is 176 Å². The van der Waals surface area contributed by atoms with E-state index in [0.717, 1.165) is 33.9 Å². The molecule has 0 saturated carbocycles. The van der Waals surface area contributed by atoms with Crippen LogP contribution in [0.2, 0.25) is 0 Å². The first-order valence-electron chi connectivity index (χ1n) is 13.9. The summed E-state index contributed by atoms with van der Waals surface area (Å²) >= 11 is 0. The lowest BCUT2D eigenvalue weighted by Crippen LogP contribution is -2.31. The number of rotatable bonds is 6. The van der Waals surface area contributed by atoms with E-state index in [0.29, 0.717) is 0 Å². The lowest BCUT2D eigenvalue weighted by atomic mass is 10.0. The number of hydrogen-bond acceptors (Lipinski definition) is 0. The van der Waals surface area contributed by atoms with Gasteiger partial charge in [-0.2, -0.15) is 9.13 Å². The molecule has 194 valence electrons. The highest BCUT2D eigenvalue weighted by atomic mass is 15.2. The Kier molecular flexibility index (Phi) is 6.56. The normalized spacial score (nSPS) is 10.9. The Bertz CT molecular complexity index is 1760. The van der Waals surface area contributed by atoms with Crippen molar-refractivity contribution in [2.75, 3.05) is 0 Å². The van der Waals surface area contributed by atoms with Gasteiger partial charge in [-0.3, -0.25) is 0 Å². The van der Waals surface area contributed by atoms with E-state index >= 15 is 0 Å². The van der Waals surface area contributed by atoms with E-state index in [1.54, 1.807) is 0 Å². The molecule has 0 amide bonds. The van der Waals surface area contributed by atoms with Crippen molar-refractivity contribution in [2.45, 2.75) is 0 Å². The molecule has 0 fully saturated rings. The molecule has 7 rings (SSSR count). The Morgan fingerprint density at radius 1 is 0.366 bits per heavy atom. The Labute approximate surface area is 241 Å². The fourth-order valence-electron chi connectivity index (χ4n) is 5.53. The molecule has 0 aliphatic rings. The summed E-state index contributed by atoms with van der Waals surface area (Å²) in [4.78, 5) is 0. The highest BCUT2D eigenvalue weighted by Gasteiger charge is 2.28.